The minimum absolute atomic E-state index is 0.195. The Morgan fingerprint density at radius 3 is 2.17 bits per heavy atom. The normalized spacial score (nSPS) is 14.9. The van der Waals surface area contributed by atoms with Crippen molar-refractivity contribution in [2.24, 2.45) is 5.92 Å². The van der Waals surface area contributed by atoms with Crippen LogP contribution in [0.3, 0.4) is 0 Å². The lowest BCUT2D eigenvalue weighted by Crippen LogP contribution is -2.50. The Bertz CT molecular complexity index is 590. The van der Waals surface area contributed by atoms with Crippen LogP contribution in [0.4, 0.5) is 0 Å². The molecule has 0 bridgehead atoms. The van der Waals surface area contributed by atoms with E-state index in [0.29, 0.717) is 24.1 Å². The van der Waals surface area contributed by atoms with Crippen molar-refractivity contribution in [1.82, 2.24) is 10.2 Å². The average molecular weight is 330 g/mol. The van der Waals surface area contributed by atoms with Crippen LogP contribution in [0.2, 0.25) is 0 Å². The van der Waals surface area contributed by atoms with Crippen LogP contribution in [-0.2, 0) is 4.79 Å². The summed E-state index contributed by atoms with van der Waals surface area (Å²) in [5.41, 5.74) is 0.769. The van der Waals surface area contributed by atoms with Gasteiger partial charge in [0.15, 0.2) is 0 Å². The van der Waals surface area contributed by atoms with Crippen LogP contribution < -0.4 is 5.32 Å². The molecule has 0 saturated carbocycles. The Labute approximate surface area is 143 Å². The molecule has 0 aromatic heterocycles. The highest BCUT2D eigenvalue weighted by atomic mass is 16.2. The first-order valence-electron chi connectivity index (χ1n) is 8.72. The molecule has 1 atom stereocenters. The lowest BCUT2D eigenvalue weighted by molar-refractivity contribution is -0.125. The van der Waals surface area contributed by atoms with E-state index in [1.165, 1.54) is 0 Å². The van der Waals surface area contributed by atoms with Gasteiger partial charge in [0.05, 0.1) is 11.1 Å². The van der Waals surface area contributed by atoms with Gasteiger partial charge in [0, 0.05) is 6.54 Å². The van der Waals surface area contributed by atoms with E-state index >= 15 is 0 Å². The Morgan fingerprint density at radius 2 is 1.67 bits per heavy atom. The molecule has 1 unspecified atom stereocenters. The molecule has 130 valence electrons. The number of hydrogen-bond acceptors (Lipinski definition) is 3. The molecule has 5 nitrogen and oxygen atoms in total. The molecule has 3 amide bonds. The maximum absolute atomic E-state index is 12.6. The van der Waals surface area contributed by atoms with Crippen LogP contribution in [0, 0.1) is 5.92 Å². The molecule has 0 saturated heterocycles. The molecule has 1 aromatic rings. The maximum Gasteiger partial charge on any atom is 0.262 e. The van der Waals surface area contributed by atoms with Crippen molar-refractivity contribution >= 4 is 17.7 Å². The van der Waals surface area contributed by atoms with E-state index in [2.05, 4.69) is 12.2 Å². The number of rotatable bonds is 8. The first-order chi connectivity index (χ1) is 11.5. The first-order valence-corrected chi connectivity index (χ1v) is 8.72. The van der Waals surface area contributed by atoms with Gasteiger partial charge in [-0.25, -0.2) is 0 Å². The molecule has 0 fully saturated rings. The van der Waals surface area contributed by atoms with Gasteiger partial charge in [-0.05, 0) is 30.9 Å². The summed E-state index contributed by atoms with van der Waals surface area (Å²) in [5.74, 6) is -0.787. The Hall–Kier alpha value is -2.17. The Morgan fingerprint density at radius 1 is 1.08 bits per heavy atom. The predicted octanol–water partition coefficient (Wildman–Crippen LogP) is 3.00. The fourth-order valence-corrected chi connectivity index (χ4v) is 2.97. The highest BCUT2D eigenvalue weighted by Crippen LogP contribution is 2.26. The second-order valence-corrected chi connectivity index (χ2v) is 6.67. The molecule has 2 rings (SSSR count). The maximum atomic E-state index is 12.6. The standard InChI is InChI=1S/C19H26N2O3/c1-4-5-8-11-20-17(22)16(12-13(2)3)21-18(23)14-9-6-7-10-15(14)19(21)24/h6-7,9-10,13,16H,4-5,8,11-12H2,1-3H3,(H,20,22). The molecule has 1 heterocycles. The highest BCUT2D eigenvalue weighted by molar-refractivity contribution is 6.22. The van der Waals surface area contributed by atoms with Gasteiger partial charge >= 0.3 is 0 Å². The third-order valence-electron chi connectivity index (χ3n) is 4.21. The number of fused-ring (bicyclic) bond motifs is 1. The zero-order valence-electron chi connectivity index (χ0n) is 14.7. The highest BCUT2D eigenvalue weighted by Gasteiger charge is 2.42. The molecular weight excluding hydrogens is 304 g/mol. The van der Waals surface area contributed by atoms with Gasteiger partial charge in [0.25, 0.3) is 11.8 Å². The molecule has 0 aliphatic carbocycles. The van der Waals surface area contributed by atoms with Crippen LogP contribution in [-0.4, -0.2) is 35.2 Å². The van der Waals surface area contributed by atoms with Crippen molar-refractivity contribution in [1.29, 1.82) is 0 Å². The van der Waals surface area contributed by atoms with Gasteiger partial charge in [0.2, 0.25) is 5.91 Å². The van der Waals surface area contributed by atoms with Crippen molar-refractivity contribution in [3.8, 4) is 0 Å². The summed E-state index contributed by atoms with van der Waals surface area (Å²) in [6, 6.07) is 5.99. The van der Waals surface area contributed by atoms with E-state index in [-0.39, 0.29) is 23.6 Å². The molecule has 5 heteroatoms. The summed E-state index contributed by atoms with van der Waals surface area (Å²) in [7, 11) is 0. The van der Waals surface area contributed by atoms with E-state index in [4.69, 9.17) is 0 Å². The smallest absolute Gasteiger partial charge is 0.262 e. The lowest BCUT2D eigenvalue weighted by atomic mass is 10.0. The van der Waals surface area contributed by atoms with Gasteiger partial charge in [-0.1, -0.05) is 45.7 Å². The summed E-state index contributed by atoms with van der Waals surface area (Å²) in [6.07, 6.45) is 3.48. The number of carbonyl (C=O) groups excluding carboxylic acids is 3. The number of carbonyl (C=O) groups is 3. The zero-order chi connectivity index (χ0) is 17.7. The van der Waals surface area contributed by atoms with E-state index in [0.717, 1.165) is 24.2 Å². The number of nitrogens with zero attached hydrogens (tertiary/aromatic N) is 1. The topological polar surface area (TPSA) is 66.5 Å². The zero-order valence-corrected chi connectivity index (χ0v) is 14.7. The van der Waals surface area contributed by atoms with E-state index in [1.54, 1.807) is 24.3 Å². The quantitative estimate of drug-likeness (QED) is 0.588. The number of unbranched alkanes of at least 4 members (excludes halogenated alkanes) is 2. The van der Waals surface area contributed by atoms with Gasteiger partial charge in [-0.3, -0.25) is 19.3 Å². The minimum Gasteiger partial charge on any atom is -0.354 e. The lowest BCUT2D eigenvalue weighted by Gasteiger charge is -2.26. The molecule has 1 aliphatic heterocycles. The second-order valence-electron chi connectivity index (χ2n) is 6.67. The summed E-state index contributed by atoms with van der Waals surface area (Å²) in [6.45, 7) is 6.64. The third-order valence-corrected chi connectivity index (χ3v) is 4.21. The van der Waals surface area contributed by atoms with E-state index < -0.39 is 6.04 Å². The number of nitrogens with one attached hydrogen (secondary N) is 1. The van der Waals surface area contributed by atoms with E-state index in [9.17, 15) is 14.4 Å². The molecule has 0 spiro atoms. The van der Waals surface area contributed by atoms with Crippen molar-refractivity contribution < 1.29 is 14.4 Å². The number of amides is 3. The van der Waals surface area contributed by atoms with E-state index in [1.807, 2.05) is 13.8 Å². The first kappa shape index (κ1) is 18.2. The van der Waals surface area contributed by atoms with Crippen LogP contribution >= 0.6 is 0 Å². The molecule has 0 radical (unpaired) electrons. The molecular formula is C19H26N2O3. The van der Waals surface area contributed by atoms with Crippen LogP contribution in [0.25, 0.3) is 0 Å². The van der Waals surface area contributed by atoms with Crippen LogP contribution in [0.15, 0.2) is 24.3 Å². The molecule has 1 aliphatic rings. The fraction of sp³-hybridized carbons (Fsp3) is 0.526. The summed E-state index contributed by atoms with van der Waals surface area (Å²) in [4.78, 5) is 39.0. The number of hydrogen-bond donors (Lipinski definition) is 1. The monoisotopic (exact) mass is 330 g/mol. The van der Waals surface area contributed by atoms with Crippen LogP contribution in [0.1, 0.15) is 67.2 Å². The Kier molecular flexibility index (Phi) is 6.12. The van der Waals surface area contributed by atoms with Gasteiger partial charge in [-0.15, -0.1) is 0 Å². The number of benzene rings is 1. The van der Waals surface area contributed by atoms with Crippen molar-refractivity contribution in [2.75, 3.05) is 6.54 Å². The van der Waals surface area contributed by atoms with Crippen molar-refractivity contribution in [3.05, 3.63) is 35.4 Å². The number of imide groups is 1. The van der Waals surface area contributed by atoms with Crippen molar-refractivity contribution in [3.63, 3.8) is 0 Å². The predicted molar refractivity (Wildman–Crippen MR) is 92.7 cm³/mol. The Balaban J connectivity index is 2.18. The van der Waals surface area contributed by atoms with Gasteiger partial charge in [-0.2, -0.15) is 0 Å². The average Bonchev–Trinajstić information content (AvgIpc) is 2.81. The molecule has 24 heavy (non-hydrogen) atoms. The van der Waals surface area contributed by atoms with Crippen molar-refractivity contribution in [2.45, 2.75) is 52.5 Å². The van der Waals surface area contributed by atoms with Gasteiger partial charge < -0.3 is 5.32 Å². The largest absolute Gasteiger partial charge is 0.354 e. The third kappa shape index (κ3) is 3.83. The summed E-state index contributed by atoms with van der Waals surface area (Å²) < 4.78 is 0. The van der Waals surface area contributed by atoms with Crippen LogP contribution in [0.5, 0.6) is 0 Å². The SMILES string of the molecule is CCCCCNC(=O)C(CC(C)C)N1C(=O)c2ccccc2C1=O. The molecule has 1 N–H and O–H groups in total. The summed E-state index contributed by atoms with van der Waals surface area (Å²) >= 11 is 0. The fourth-order valence-electron chi connectivity index (χ4n) is 2.97. The second kappa shape index (κ2) is 8.08. The van der Waals surface area contributed by atoms with Gasteiger partial charge in [0.1, 0.15) is 6.04 Å². The summed E-state index contributed by atoms with van der Waals surface area (Å²) in [5, 5.41) is 2.88. The minimum atomic E-state index is -0.751. The molecule has 1 aromatic carbocycles.